The van der Waals surface area contributed by atoms with Crippen molar-refractivity contribution in [3.05, 3.63) is 59.2 Å². The summed E-state index contributed by atoms with van der Waals surface area (Å²) in [6.07, 6.45) is 0.353. The molecule has 0 radical (unpaired) electrons. The van der Waals surface area contributed by atoms with E-state index in [4.69, 9.17) is 4.74 Å². The van der Waals surface area contributed by atoms with E-state index in [9.17, 15) is 9.59 Å². The topological polar surface area (TPSA) is 67.4 Å². The molecule has 27 heavy (non-hydrogen) atoms. The number of rotatable bonds is 8. The Hall–Kier alpha value is -2.82. The number of amides is 1. The molecule has 144 valence electrons. The van der Waals surface area contributed by atoms with Crippen LogP contribution in [0, 0.1) is 6.92 Å². The van der Waals surface area contributed by atoms with E-state index in [0.717, 1.165) is 22.5 Å². The van der Waals surface area contributed by atoms with E-state index in [1.807, 2.05) is 31.2 Å². The normalized spacial score (nSPS) is 10.6. The molecule has 0 fully saturated rings. The maximum atomic E-state index is 12.3. The van der Waals surface area contributed by atoms with Crippen LogP contribution in [-0.4, -0.2) is 25.0 Å². The Morgan fingerprint density at radius 2 is 1.78 bits per heavy atom. The van der Waals surface area contributed by atoms with Crippen molar-refractivity contribution in [1.82, 2.24) is 0 Å². The Labute approximate surface area is 161 Å². The number of ether oxygens (including phenoxy) is 1. The number of nitrogens with one attached hydrogen (secondary N) is 2. The number of carbonyl (C=O) groups is 2. The highest BCUT2D eigenvalue weighted by atomic mass is 16.5. The van der Waals surface area contributed by atoms with Crippen molar-refractivity contribution in [1.29, 1.82) is 0 Å². The lowest BCUT2D eigenvalue weighted by Crippen LogP contribution is -2.18. The van der Waals surface area contributed by atoms with Crippen LogP contribution < -0.4 is 10.6 Å². The Bertz CT molecular complexity index is 783. The van der Waals surface area contributed by atoms with Crippen LogP contribution in [0.5, 0.6) is 0 Å². The Balaban J connectivity index is 1.87. The Morgan fingerprint density at radius 1 is 1.07 bits per heavy atom. The van der Waals surface area contributed by atoms with Crippen LogP contribution in [0.1, 0.15) is 54.6 Å². The van der Waals surface area contributed by atoms with Crippen molar-refractivity contribution >= 4 is 23.3 Å². The molecule has 0 aliphatic heterocycles. The molecule has 0 spiro atoms. The van der Waals surface area contributed by atoms with Crippen LogP contribution in [-0.2, 0) is 9.53 Å². The number of hydrogen-bond acceptors (Lipinski definition) is 4. The summed E-state index contributed by atoms with van der Waals surface area (Å²) >= 11 is 0. The highest BCUT2D eigenvalue weighted by Crippen LogP contribution is 2.27. The van der Waals surface area contributed by atoms with Gasteiger partial charge in [0.1, 0.15) is 0 Å². The number of benzene rings is 2. The van der Waals surface area contributed by atoms with Gasteiger partial charge in [-0.15, -0.1) is 0 Å². The summed E-state index contributed by atoms with van der Waals surface area (Å²) in [7, 11) is 0. The smallest absolute Gasteiger partial charge is 0.338 e. The fourth-order valence-electron chi connectivity index (χ4n) is 2.80. The molecule has 0 heterocycles. The molecular formula is C22H28N2O3. The first-order valence-corrected chi connectivity index (χ1v) is 9.32. The molecule has 2 rings (SSSR count). The molecule has 2 aromatic rings. The summed E-state index contributed by atoms with van der Waals surface area (Å²) in [4.78, 5) is 24.0. The number of para-hydroxylation sites is 1. The Morgan fingerprint density at radius 3 is 2.41 bits per heavy atom. The van der Waals surface area contributed by atoms with Gasteiger partial charge in [-0.3, -0.25) is 4.79 Å². The molecule has 2 aromatic carbocycles. The number of hydrogen-bond donors (Lipinski definition) is 2. The molecule has 5 heteroatoms. The average molecular weight is 368 g/mol. The zero-order valence-electron chi connectivity index (χ0n) is 16.5. The molecule has 0 aliphatic rings. The monoisotopic (exact) mass is 368 g/mol. The molecule has 0 atom stereocenters. The third-order valence-corrected chi connectivity index (χ3v) is 4.27. The van der Waals surface area contributed by atoms with Crippen LogP contribution in [0.15, 0.2) is 42.5 Å². The summed E-state index contributed by atoms with van der Waals surface area (Å²) in [5, 5.41) is 6.24. The van der Waals surface area contributed by atoms with Gasteiger partial charge in [-0.05, 0) is 55.2 Å². The summed E-state index contributed by atoms with van der Waals surface area (Å²) in [6.45, 7) is 8.88. The molecular weight excluding hydrogens is 340 g/mol. The molecule has 0 saturated carbocycles. The van der Waals surface area contributed by atoms with Gasteiger partial charge in [0, 0.05) is 24.3 Å². The van der Waals surface area contributed by atoms with E-state index in [1.54, 1.807) is 19.1 Å². The second kappa shape index (κ2) is 9.76. The van der Waals surface area contributed by atoms with E-state index in [1.165, 1.54) is 0 Å². The second-order valence-electron chi connectivity index (χ2n) is 6.72. The zero-order chi connectivity index (χ0) is 19.8. The highest BCUT2D eigenvalue weighted by Gasteiger charge is 2.12. The molecule has 0 saturated heterocycles. The highest BCUT2D eigenvalue weighted by molar-refractivity contribution is 5.93. The van der Waals surface area contributed by atoms with E-state index >= 15 is 0 Å². The first kappa shape index (κ1) is 20.5. The van der Waals surface area contributed by atoms with Gasteiger partial charge in [-0.2, -0.15) is 0 Å². The van der Waals surface area contributed by atoms with Crippen molar-refractivity contribution in [3.8, 4) is 0 Å². The average Bonchev–Trinajstić information content (AvgIpc) is 2.64. The van der Waals surface area contributed by atoms with Crippen LogP contribution >= 0.6 is 0 Å². The first-order valence-electron chi connectivity index (χ1n) is 9.32. The fraction of sp³-hybridized carbons (Fsp3) is 0.364. The van der Waals surface area contributed by atoms with Gasteiger partial charge >= 0.3 is 5.97 Å². The predicted octanol–water partition coefficient (Wildman–Crippen LogP) is 4.74. The zero-order valence-corrected chi connectivity index (χ0v) is 16.5. The summed E-state index contributed by atoms with van der Waals surface area (Å²) in [5.74, 6) is -0.0132. The van der Waals surface area contributed by atoms with E-state index in [2.05, 4.69) is 30.5 Å². The predicted molar refractivity (Wildman–Crippen MR) is 109 cm³/mol. The molecule has 2 N–H and O–H groups in total. The largest absolute Gasteiger partial charge is 0.462 e. The van der Waals surface area contributed by atoms with Crippen molar-refractivity contribution in [2.24, 2.45) is 0 Å². The van der Waals surface area contributed by atoms with Crippen molar-refractivity contribution in [2.45, 2.75) is 40.0 Å². The quantitative estimate of drug-likeness (QED) is 0.661. The van der Waals surface area contributed by atoms with Crippen LogP contribution in [0.2, 0.25) is 0 Å². The molecule has 0 aromatic heterocycles. The van der Waals surface area contributed by atoms with E-state index in [-0.39, 0.29) is 11.9 Å². The molecule has 0 unspecified atom stereocenters. The Kier molecular flexibility index (Phi) is 7.41. The van der Waals surface area contributed by atoms with Gasteiger partial charge in [0.05, 0.1) is 12.2 Å². The minimum absolute atomic E-state index is 0.0261. The standard InChI is InChI=1S/C22H28N2O3/c1-5-27-22(26)17-9-11-18(12-10-17)23-14-13-20(25)24-21-16(4)7-6-8-19(21)15(2)3/h6-12,15,23H,5,13-14H2,1-4H3,(H,24,25). The van der Waals surface area contributed by atoms with Gasteiger partial charge in [-0.25, -0.2) is 4.79 Å². The number of aryl methyl sites for hydroxylation is 1. The van der Waals surface area contributed by atoms with Gasteiger partial charge < -0.3 is 15.4 Å². The summed E-state index contributed by atoms with van der Waals surface area (Å²) in [6, 6.07) is 13.1. The van der Waals surface area contributed by atoms with Crippen molar-refractivity contribution < 1.29 is 14.3 Å². The maximum absolute atomic E-state index is 12.3. The molecule has 1 amide bonds. The summed E-state index contributed by atoms with van der Waals surface area (Å²) in [5.41, 5.74) is 4.50. The summed E-state index contributed by atoms with van der Waals surface area (Å²) < 4.78 is 4.96. The first-order chi connectivity index (χ1) is 12.9. The molecule has 5 nitrogen and oxygen atoms in total. The number of carbonyl (C=O) groups excluding carboxylic acids is 2. The lowest BCUT2D eigenvalue weighted by atomic mass is 9.98. The maximum Gasteiger partial charge on any atom is 0.338 e. The van der Waals surface area contributed by atoms with Gasteiger partial charge in [0.15, 0.2) is 0 Å². The van der Waals surface area contributed by atoms with Crippen LogP contribution in [0.3, 0.4) is 0 Å². The molecule has 0 aliphatic carbocycles. The second-order valence-corrected chi connectivity index (χ2v) is 6.72. The third kappa shape index (κ3) is 5.84. The molecule has 0 bridgehead atoms. The van der Waals surface area contributed by atoms with Crippen LogP contribution in [0.4, 0.5) is 11.4 Å². The van der Waals surface area contributed by atoms with Gasteiger partial charge in [-0.1, -0.05) is 32.0 Å². The van der Waals surface area contributed by atoms with E-state index in [0.29, 0.717) is 31.1 Å². The lowest BCUT2D eigenvalue weighted by molar-refractivity contribution is -0.116. The number of esters is 1. The van der Waals surface area contributed by atoms with Crippen molar-refractivity contribution in [2.75, 3.05) is 23.8 Å². The lowest BCUT2D eigenvalue weighted by Gasteiger charge is -2.16. The van der Waals surface area contributed by atoms with E-state index < -0.39 is 0 Å². The minimum Gasteiger partial charge on any atom is -0.462 e. The third-order valence-electron chi connectivity index (χ3n) is 4.27. The van der Waals surface area contributed by atoms with Crippen LogP contribution in [0.25, 0.3) is 0 Å². The van der Waals surface area contributed by atoms with Gasteiger partial charge in [0.2, 0.25) is 5.91 Å². The van der Waals surface area contributed by atoms with Crippen molar-refractivity contribution in [3.63, 3.8) is 0 Å². The van der Waals surface area contributed by atoms with Gasteiger partial charge in [0.25, 0.3) is 0 Å². The SMILES string of the molecule is CCOC(=O)c1ccc(NCCC(=O)Nc2c(C)cccc2C(C)C)cc1. The number of anilines is 2. The minimum atomic E-state index is -0.331. The fourth-order valence-corrected chi connectivity index (χ4v) is 2.80.